The Bertz CT molecular complexity index is 964. The van der Waals surface area contributed by atoms with Crippen molar-refractivity contribution in [2.75, 3.05) is 7.11 Å². The molecule has 3 aromatic rings. The first-order valence-corrected chi connectivity index (χ1v) is 7.80. The number of hydrogen-bond acceptors (Lipinski definition) is 5. The molecule has 0 saturated heterocycles. The predicted molar refractivity (Wildman–Crippen MR) is 94.3 cm³/mol. The number of rotatable bonds is 5. The number of ether oxygens (including phenoxy) is 1. The SMILES string of the molecule is COc1cc(/C=N\n2c(Cc3ccc(F)cc3)n[nH]c2=S)ccc1O. The van der Waals surface area contributed by atoms with Crippen molar-refractivity contribution in [2.45, 2.75) is 6.42 Å². The Hall–Kier alpha value is -3.00. The molecule has 0 aliphatic carbocycles. The van der Waals surface area contributed by atoms with Gasteiger partial charge >= 0.3 is 0 Å². The van der Waals surface area contributed by atoms with E-state index in [9.17, 15) is 9.50 Å². The molecule has 8 heteroatoms. The van der Waals surface area contributed by atoms with Crippen LogP contribution in [0.15, 0.2) is 47.6 Å². The van der Waals surface area contributed by atoms with Gasteiger partial charge < -0.3 is 9.84 Å². The third-order valence-electron chi connectivity index (χ3n) is 3.52. The Kier molecular flexibility index (Phi) is 4.90. The lowest BCUT2D eigenvalue weighted by atomic mass is 10.1. The molecule has 0 aliphatic heterocycles. The fraction of sp³-hybridized carbons (Fsp3) is 0.118. The summed E-state index contributed by atoms with van der Waals surface area (Å²) in [5.41, 5.74) is 1.61. The third-order valence-corrected chi connectivity index (χ3v) is 3.78. The summed E-state index contributed by atoms with van der Waals surface area (Å²) in [6, 6.07) is 11.0. The van der Waals surface area contributed by atoms with E-state index in [0.717, 1.165) is 11.1 Å². The molecule has 0 saturated carbocycles. The van der Waals surface area contributed by atoms with Crippen molar-refractivity contribution in [2.24, 2.45) is 5.10 Å². The highest BCUT2D eigenvalue weighted by Gasteiger charge is 2.07. The van der Waals surface area contributed by atoms with E-state index < -0.39 is 0 Å². The van der Waals surface area contributed by atoms with Gasteiger partial charge in [0, 0.05) is 6.42 Å². The molecule has 0 radical (unpaired) electrons. The second-order valence-electron chi connectivity index (χ2n) is 5.24. The molecular formula is C17H15FN4O2S. The average Bonchev–Trinajstić information content (AvgIpc) is 2.96. The summed E-state index contributed by atoms with van der Waals surface area (Å²) in [5.74, 6) is 0.711. The van der Waals surface area contributed by atoms with Crippen LogP contribution in [0.2, 0.25) is 0 Å². The van der Waals surface area contributed by atoms with E-state index in [-0.39, 0.29) is 11.6 Å². The van der Waals surface area contributed by atoms with E-state index in [0.29, 0.717) is 22.8 Å². The standard InChI is InChI=1S/C17H15FN4O2S/c1-24-15-8-12(4-7-14(15)23)10-19-22-16(20-21-17(22)25)9-11-2-5-13(18)6-3-11/h2-8,10,23H,9H2,1H3,(H,21,25)/b19-10-. The van der Waals surface area contributed by atoms with Crippen molar-refractivity contribution in [1.82, 2.24) is 14.9 Å². The largest absolute Gasteiger partial charge is 0.504 e. The molecule has 0 amide bonds. The number of H-pyrrole nitrogens is 1. The number of aromatic nitrogens is 3. The number of hydrogen-bond donors (Lipinski definition) is 2. The van der Waals surface area contributed by atoms with Crippen molar-refractivity contribution in [1.29, 1.82) is 0 Å². The molecule has 3 rings (SSSR count). The van der Waals surface area contributed by atoms with E-state index in [2.05, 4.69) is 15.3 Å². The predicted octanol–water partition coefficient (Wildman–Crippen LogP) is 3.27. The Balaban J connectivity index is 1.86. The molecular weight excluding hydrogens is 343 g/mol. The second-order valence-corrected chi connectivity index (χ2v) is 5.62. The van der Waals surface area contributed by atoms with Gasteiger partial charge in [-0.2, -0.15) is 14.9 Å². The Morgan fingerprint density at radius 2 is 2.08 bits per heavy atom. The number of phenols is 1. The summed E-state index contributed by atoms with van der Waals surface area (Å²) in [4.78, 5) is 0. The summed E-state index contributed by atoms with van der Waals surface area (Å²) >= 11 is 5.20. The monoisotopic (exact) mass is 358 g/mol. The molecule has 6 nitrogen and oxygen atoms in total. The molecule has 2 aromatic carbocycles. The van der Waals surface area contributed by atoms with Gasteiger partial charge in [0.25, 0.3) is 0 Å². The van der Waals surface area contributed by atoms with Gasteiger partial charge in [0.15, 0.2) is 17.3 Å². The van der Waals surface area contributed by atoms with Crippen molar-refractivity contribution in [3.05, 3.63) is 70.0 Å². The minimum absolute atomic E-state index is 0.0524. The van der Waals surface area contributed by atoms with E-state index in [1.54, 1.807) is 30.5 Å². The molecule has 0 atom stereocenters. The summed E-state index contributed by atoms with van der Waals surface area (Å²) in [6.45, 7) is 0. The Morgan fingerprint density at radius 3 is 2.80 bits per heavy atom. The van der Waals surface area contributed by atoms with Gasteiger partial charge in [0.05, 0.1) is 13.3 Å². The number of methoxy groups -OCH3 is 1. The number of aromatic hydroxyl groups is 1. The van der Waals surface area contributed by atoms with Crippen molar-refractivity contribution >= 4 is 18.4 Å². The normalized spacial score (nSPS) is 11.1. The highest BCUT2D eigenvalue weighted by atomic mass is 32.1. The van der Waals surface area contributed by atoms with E-state index in [4.69, 9.17) is 17.0 Å². The smallest absolute Gasteiger partial charge is 0.216 e. The van der Waals surface area contributed by atoms with Crippen LogP contribution in [-0.2, 0) is 6.42 Å². The lowest BCUT2D eigenvalue weighted by Crippen LogP contribution is -2.00. The molecule has 0 aliphatic rings. The average molecular weight is 358 g/mol. The van der Waals surface area contributed by atoms with Crippen LogP contribution in [0.25, 0.3) is 0 Å². The van der Waals surface area contributed by atoms with Crippen LogP contribution < -0.4 is 4.74 Å². The third kappa shape index (κ3) is 3.92. The van der Waals surface area contributed by atoms with Gasteiger partial charge in [-0.05, 0) is 53.7 Å². The first kappa shape index (κ1) is 16.8. The van der Waals surface area contributed by atoms with Crippen LogP contribution in [0.5, 0.6) is 11.5 Å². The van der Waals surface area contributed by atoms with E-state index >= 15 is 0 Å². The lowest BCUT2D eigenvalue weighted by molar-refractivity contribution is 0.373. The van der Waals surface area contributed by atoms with Gasteiger partial charge in [-0.1, -0.05) is 12.1 Å². The molecule has 0 unspecified atom stereocenters. The van der Waals surface area contributed by atoms with Gasteiger partial charge in [-0.15, -0.1) is 0 Å². The van der Waals surface area contributed by atoms with E-state index in [1.807, 2.05) is 0 Å². The zero-order valence-electron chi connectivity index (χ0n) is 13.3. The first-order valence-electron chi connectivity index (χ1n) is 7.39. The van der Waals surface area contributed by atoms with Crippen LogP contribution in [0.3, 0.4) is 0 Å². The number of nitrogens with zero attached hydrogens (tertiary/aromatic N) is 3. The maximum Gasteiger partial charge on any atom is 0.216 e. The molecule has 25 heavy (non-hydrogen) atoms. The molecule has 2 N–H and O–H groups in total. The van der Waals surface area contributed by atoms with Gasteiger partial charge in [0.1, 0.15) is 5.82 Å². The van der Waals surface area contributed by atoms with Gasteiger partial charge in [0.2, 0.25) is 4.77 Å². The molecule has 1 heterocycles. The van der Waals surface area contributed by atoms with Crippen LogP contribution in [0.1, 0.15) is 17.0 Å². The van der Waals surface area contributed by atoms with Crippen LogP contribution in [0, 0.1) is 10.6 Å². The van der Waals surface area contributed by atoms with Crippen molar-refractivity contribution in [3.8, 4) is 11.5 Å². The van der Waals surface area contributed by atoms with Gasteiger partial charge in [-0.3, -0.25) is 5.10 Å². The van der Waals surface area contributed by atoms with Crippen molar-refractivity contribution < 1.29 is 14.2 Å². The summed E-state index contributed by atoms with van der Waals surface area (Å²) in [7, 11) is 1.48. The minimum Gasteiger partial charge on any atom is -0.504 e. The number of aromatic amines is 1. The Labute approximate surface area is 148 Å². The lowest BCUT2D eigenvalue weighted by Gasteiger charge is -2.04. The van der Waals surface area contributed by atoms with Crippen molar-refractivity contribution in [3.63, 3.8) is 0 Å². The van der Waals surface area contributed by atoms with Crippen LogP contribution in [0.4, 0.5) is 4.39 Å². The maximum absolute atomic E-state index is 13.0. The quantitative estimate of drug-likeness (QED) is 0.542. The summed E-state index contributed by atoms with van der Waals surface area (Å²) in [5, 5.41) is 20.8. The number of nitrogens with one attached hydrogen (secondary N) is 1. The van der Waals surface area contributed by atoms with Gasteiger partial charge in [-0.25, -0.2) is 4.39 Å². The number of phenolic OH excluding ortho intramolecular Hbond substituents is 1. The zero-order valence-corrected chi connectivity index (χ0v) is 14.1. The first-order chi connectivity index (χ1) is 12.1. The molecule has 0 spiro atoms. The highest BCUT2D eigenvalue weighted by molar-refractivity contribution is 7.71. The number of halogens is 1. The molecule has 0 fully saturated rings. The summed E-state index contributed by atoms with van der Waals surface area (Å²) < 4.78 is 19.9. The molecule has 128 valence electrons. The molecule has 1 aromatic heterocycles. The second kappa shape index (κ2) is 7.27. The highest BCUT2D eigenvalue weighted by Crippen LogP contribution is 2.25. The zero-order chi connectivity index (χ0) is 17.8. The fourth-order valence-electron chi connectivity index (χ4n) is 2.24. The topological polar surface area (TPSA) is 75.4 Å². The maximum atomic E-state index is 13.0. The fourth-order valence-corrected chi connectivity index (χ4v) is 2.44. The Morgan fingerprint density at radius 1 is 1.32 bits per heavy atom. The molecule has 0 bridgehead atoms. The summed E-state index contributed by atoms with van der Waals surface area (Å²) in [6.07, 6.45) is 2.03. The number of benzene rings is 2. The minimum atomic E-state index is -0.290. The van der Waals surface area contributed by atoms with Crippen LogP contribution >= 0.6 is 12.2 Å². The van der Waals surface area contributed by atoms with E-state index in [1.165, 1.54) is 30.0 Å². The van der Waals surface area contributed by atoms with Crippen LogP contribution in [-0.4, -0.2) is 33.3 Å².